The standard InChI is InChI=1S/C13H16ClNO4S/c14-20(17,18)12-3-1-10(2-4-12)9-15-13(16)11-5-7-19-8-6-11/h1-4,11H,5-9H2,(H,15,16). The molecule has 5 nitrogen and oxygen atoms in total. The minimum Gasteiger partial charge on any atom is -0.381 e. The number of carbonyl (C=O) groups excluding carboxylic acids is 1. The smallest absolute Gasteiger partial charge is 0.261 e. The van der Waals surface area contributed by atoms with Crippen molar-refractivity contribution in [3.63, 3.8) is 0 Å². The summed E-state index contributed by atoms with van der Waals surface area (Å²) < 4.78 is 27.4. The van der Waals surface area contributed by atoms with Crippen LogP contribution in [-0.4, -0.2) is 27.5 Å². The van der Waals surface area contributed by atoms with E-state index < -0.39 is 9.05 Å². The molecule has 20 heavy (non-hydrogen) atoms. The van der Waals surface area contributed by atoms with Crippen LogP contribution in [0.4, 0.5) is 0 Å². The molecular formula is C13H16ClNO4S. The van der Waals surface area contributed by atoms with Gasteiger partial charge in [-0.25, -0.2) is 8.42 Å². The zero-order chi connectivity index (χ0) is 14.6. The minimum absolute atomic E-state index is 0.00578. The van der Waals surface area contributed by atoms with Crippen LogP contribution >= 0.6 is 10.7 Å². The third-order valence-electron chi connectivity index (χ3n) is 3.26. The summed E-state index contributed by atoms with van der Waals surface area (Å²) in [5.41, 5.74) is 0.828. The van der Waals surface area contributed by atoms with Gasteiger partial charge in [0.25, 0.3) is 9.05 Å². The van der Waals surface area contributed by atoms with Crippen LogP contribution in [0.2, 0.25) is 0 Å². The SMILES string of the molecule is O=C(NCc1ccc(S(=O)(=O)Cl)cc1)C1CCOCC1. The van der Waals surface area contributed by atoms with Gasteiger partial charge in [-0.15, -0.1) is 0 Å². The molecule has 0 aromatic heterocycles. The van der Waals surface area contributed by atoms with Gasteiger partial charge in [0.15, 0.2) is 0 Å². The molecule has 1 fully saturated rings. The molecule has 0 bridgehead atoms. The Bertz CT molecular complexity index is 565. The van der Waals surface area contributed by atoms with Crippen LogP contribution in [0.15, 0.2) is 29.2 Å². The van der Waals surface area contributed by atoms with E-state index >= 15 is 0 Å². The summed E-state index contributed by atoms with van der Waals surface area (Å²) >= 11 is 0. The van der Waals surface area contributed by atoms with Crippen LogP contribution in [-0.2, 0) is 25.1 Å². The number of hydrogen-bond acceptors (Lipinski definition) is 4. The van der Waals surface area contributed by atoms with Crippen LogP contribution in [0.5, 0.6) is 0 Å². The van der Waals surface area contributed by atoms with Crippen molar-refractivity contribution in [3.05, 3.63) is 29.8 Å². The summed E-state index contributed by atoms with van der Waals surface area (Å²) in [5.74, 6) is 0.0218. The van der Waals surface area contributed by atoms with Crippen molar-refractivity contribution in [2.24, 2.45) is 5.92 Å². The van der Waals surface area contributed by atoms with Crippen LogP contribution in [0.3, 0.4) is 0 Å². The molecular weight excluding hydrogens is 302 g/mol. The molecule has 0 atom stereocenters. The molecule has 1 heterocycles. The van der Waals surface area contributed by atoms with E-state index in [9.17, 15) is 13.2 Å². The number of nitrogens with one attached hydrogen (secondary N) is 1. The Morgan fingerprint density at radius 3 is 2.40 bits per heavy atom. The van der Waals surface area contributed by atoms with Crippen LogP contribution in [0.1, 0.15) is 18.4 Å². The summed E-state index contributed by atoms with van der Waals surface area (Å²) in [6.07, 6.45) is 1.49. The summed E-state index contributed by atoms with van der Waals surface area (Å²) in [6, 6.07) is 6.13. The average Bonchev–Trinajstić information content (AvgIpc) is 2.45. The topological polar surface area (TPSA) is 72.5 Å². The highest BCUT2D eigenvalue weighted by molar-refractivity contribution is 8.13. The fourth-order valence-corrected chi connectivity index (χ4v) is 2.83. The third kappa shape index (κ3) is 4.19. The van der Waals surface area contributed by atoms with Gasteiger partial charge in [0.2, 0.25) is 5.91 Å². The monoisotopic (exact) mass is 317 g/mol. The quantitative estimate of drug-likeness (QED) is 0.857. The Morgan fingerprint density at radius 1 is 1.25 bits per heavy atom. The zero-order valence-corrected chi connectivity index (χ0v) is 12.4. The average molecular weight is 318 g/mol. The molecule has 0 unspecified atom stereocenters. The minimum atomic E-state index is -3.70. The van der Waals surface area contributed by atoms with Crippen molar-refractivity contribution in [2.45, 2.75) is 24.3 Å². The molecule has 110 valence electrons. The van der Waals surface area contributed by atoms with E-state index in [0.29, 0.717) is 19.8 Å². The van der Waals surface area contributed by atoms with E-state index in [1.807, 2.05) is 0 Å². The van der Waals surface area contributed by atoms with E-state index in [0.717, 1.165) is 18.4 Å². The molecule has 0 aliphatic carbocycles. The molecule has 1 aromatic rings. The Balaban J connectivity index is 1.89. The van der Waals surface area contributed by atoms with Gasteiger partial charge in [0.05, 0.1) is 4.90 Å². The van der Waals surface area contributed by atoms with Crippen molar-refractivity contribution in [1.82, 2.24) is 5.32 Å². The van der Waals surface area contributed by atoms with Gasteiger partial charge in [-0.1, -0.05) is 12.1 Å². The molecule has 2 rings (SSSR count). The van der Waals surface area contributed by atoms with E-state index in [-0.39, 0.29) is 16.7 Å². The lowest BCUT2D eigenvalue weighted by molar-refractivity contribution is -0.128. The maximum atomic E-state index is 11.9. The number of ether oxygens (including phenoxy) is 1. The molecule has 1 aromatic carbocycles. The van der Waals surface area contributed by atoms with Crippen LogP contribution in [0.25, 0.3) is 0 Å². The first kappa shape index (κ1) is 15.3. The normalized spacial score (nSPS) is 16.9. The van der Waals surface area contributed by atoms with Gasteiger partial charge in [-0.05, 0) is 30.5 Å². The summed E-state index contributed by atoms with van der Waals surface area (Å²) in [4.78, 5) is 12.0. The highest BCUT2D eigenvalue weighted by Gasteiger charge is 2.21. The summed E-state index contributed by atoms with van der Waals surface area (Å²) in [6.45, 7) is 1.62. The molecule has 0 saturated carbocycles. The zero-order valence-electron chi connectivity index (χ0n) is 10.8. The van der Waals surface area contributed by atoms with E-state index in [2.05, 4.69) is 5.32 Å². The first-order valence-corrected chi connectivity index (χ1v) is 8.67. The first-order chi connectivity index (χ1) is 9.47. The second kappa shape index (κ2) is 6.56. The first-order valence-electron chi connectivity index (χ1n) is 6.36. The lowest BCUT2D eigenvalue weighted by Crippen LogP contribution is -2.33. The van der Waals surface area contributed by atoms with E-state index in [4.69, 9.17) is 15.4 Å². The fraction of sp³-hybridized carbons (Fsp3) is 0.462. The van der Waals surface area contributed by atoms with Gasteiger partial charge in [-0.2, -0.15) is 0 Å². The number of amides is 1. The largest absolute Gasteiger partial charge is 0.381 e. The van der Waals surface area contributed by atoms with Gasteiger partial charge < -0.3 is 10.1 Å². The lowest BCUT2D eigenvalue weighted by atomic mass is 9.99. The number of rotatable bonds is 4. The van der Waals surface area contributed by atoms with Crippen molar-refractivity contribution in [3.8, 4) is 0 Å². The molecule has 1 aliphatic rings. The lowest BCUT2D eigenvalue weighted by Gasteiger charge is -2.21. The molecule has 1 saturated heterocycles. The number of halogens is 1. The molecule has 1 amide bonds. The number of benzene rings is 1. The maximum Gasteiger partial charge on any atom is 0.261 e. The predicted molar refractivity (Wildman–Crippen MR) is 74.9 cm³/mol. The third-order valence-corrected chi connectivity index (χ3v) is 4.63. The Hall–Kier alpha value is -1.11. The number of carbonyl (C=O) groups is 1. The number of hydrogen-bond donors (Lipinski definition) is 1. The van der Waals surface area contributed by atoms with Crippen molar-refractivity contribution in [2.75, 3.05) is 13.2 Å². The molecule has 1 N–H and O–H groups in total. The second-order valence-corrected chi connectivity index (χ2v) is 7.25. The van der Waals surface area contributed by atoms with Crippen molar-refractivity contribution < 1.29 is 17.9 Å². The summed E-state index contributed by atoms with van der Waals surface area (Å²) in [5, 5.41) is 2.85. The maximum absolute atomic E-state index is 11.9. The van der Waals surface area contributed by atoms with Gasteiger partial charge in [-0.3, -0.25) is 4.79 Å². The predicted octanol–water partition coefficient (Wildman–Crippen LogP) is 1.66. The van der Waals surface area contributed by atoms with Gasteiger partial charge in [0, 0.05) is 36.4 Å². The van der Waals surface area contributed by atoms with Crippen molar-refractivity contribution >= 4 is 25.6 Å². The fourth-order valence-electron chi connectivity index (χ4n) is 2.06. The molecule has 0 spiro atoms. The van der Waals surface area contributed by atoms with Crippen molar-refractivity contribution in [1.29, 1.82) is 0 Å². The molecule has 7 heteroatoms. The molecule has 1 aliphatic heterocycles. The summed E-state index contributed by atoms with van der Waals surface area (Å²) in [7, 11) is 1.53. The van der Waals surface area contributed by atoms with Gasteiger partial charge >= 0.3 is 0 Å². The Morgan fingerprint density at radius 2 is 1.85 bits per heavy atom. The molecule has 0 radical (unpaired) electrons. The second-order valence-electron chi connectivity index (χ2n) is 4.69. The van der Waals surface area contributed by atoms with Crippen LogP contribution in [0, 0.1) is 5.92 Å². The highest BCUT2D eigenvalue weighted by atomic mass is 35.7. The van der Waals surface area contributed by atoms with E-state index in [1.165, 1.54) is 12.1 Å². The van der Waals surface area contributed by atoms with Gasteiger partial charge in [0.1, 0.15) is 0 Å². The Labute approximate surface area is 122 Å². The van der Waals surface area contributed by atoms with E-state index in [1.54, 1.807) is 12.1 Å². The van der Waals surface area contributed by atoms with Crippen LogP contribution < -0.4 is 5.32 Å². The Kier molecular flexibility index (Phi) is 5.01. The highest BCUT2D eigenvalue weighted by Crippen LogP contribution is 2.16.